The summed E-state index contributed by atoms with van der Waals surface area (Å²) in [4.78, 5) is 19.9. The van der Waals surface area contributed by atoms with Crippen LogP contribution in [0.5, 0.6) is 0 Å². The average molecular weight is 469 g/mol. The smallest absolute Gasteiger partial charge is 0.355 e. The molecule has 0 aliphatic carbocycles. The minimum atomic E-state index is -5.01. The van der Waals surface area contributed by atoms with Crippen LogP contribution >= 0.6 is 15.9 Å². The molecule has 148 valence electrons. The molecular weight excluding hydrogens is 454 g/mol. The Morgan fingerprint density at radius 3 is 2.44 bits per heavy atom. The van der Waals surface area contributed by atoms with Crippen LogP contribution in [0.2, 0.25) is 0 Å². The Bertz CT molecular complexity index is 903. The molecule has 0 aromatic heterocycles. The van der Waals surface area contributed by atoms with E-state index < -0.39 is 32.9 Å². The number of methoxy groups -OCH3 is 2. The number of ether oxygens (including phenoxy) is 2. The maximum absolute atomic E-state index is 12.6. The normalized spacial score (nSPS) is 12.7. The number of nitrogens with two attached hydrogens (primary N) is 1. The molecule has 0 saturated carbocycles. The van der Waals surface area contributed by atoms with E-state index in [0.717, 1.165) is 0 Å². The molecule has 0 spiro atoms. The fourth-order valence-electron chi connectivity index (χ4n) is 1.58. The van der Waals surface area contributed by atoms with Gasteiger partial charge >= 0.3 is 11.8 Å². The number of hydrogen-bond donors (Lipinski definition) is 2. The zero-order valence-electron chi connectivity index (χ0n) is 14.1. The molecule has 0 saturated heterocycles. The number of aliphatic imine (C=N–C) groups is 2. The van der Waals surface area contributed by atoms with Crippen molar-refractivity contribution in [1.82, 2.24) is 0 Å². The summed E-state index contributed by atoms with van der Waals surface area (Å²) in [5.74, 6) is -4.57. The second-order valence-corrected chi connectivity index (χ2v) is 7.10. The molecule has 0 heterocycles. The molecule has 13 heteroatoms. The number of amidine groups is 2. The Morgan fingerprint density at radius 1 is 1.30 bits per heavy atom. The van der Waals surface area contributed by atoms with E-state index in [1.54, 1.807) is 4.72 Å². The summed E-state index contributed by atoms with van der Waals surface area (Å²) < 4.78 is 59.4. The number of allylic oxidation sites excluding steroid dienone is 1. The van der Waals surface area contributed by atoms with Crippen molar-refractivity contribution in [1.29, 1.82) is 0 Å². The molecule has 0 aliphatic heterocycles. The number of carbonyl (C=O) groups is 1. The summed E-state index contributed by atoms with van der Waals surface area (Å²) in [6.07, 6.45) is 0. The summed E-state index contributed by atoms with van der Waals surface area (Å²) in [6.45, 7) is 3.45. The van der Waals surface area contributed by atoms with E-state index in [1.807, 2.05) is 0 Å². The predicted octanol–water partition coefficient (Wildman–Crippen LogP) is 2.07. The fourth-order valence-corrected chi connectivity index (χ4v) is 2.77. The lowest BCUT2D eigenvalue weighted by atomic mass is 10.1. The molecule has 0 amide bonds. The van der Waals surface area contributed by atoms with Crippen LogP contribution < -0.4 is 10.5 Å². The summed E-state index contributed by atoms with van der Waals surface area (Å²) in [7, 11) is -2.57. The number of Topliss-reactive ketones (excluding diaryl/α,β-unsaturated/α-hetero) is 1. The third kappa shape index (κ3) is 5.99. The first-order chi connectivity index (χ1) is 12.5. The molecule has 3 N–H and O–H groups in total. The van der Waals surface area contributed by atoms with Gasteiger partial charge in [0.15, 0.2) is 0 Å². The Hall–Kier alpha value is -2.54. The molecule has 0 radical (unpaired) electrons. The van der Waals surface area contributed by atoms with Crippen LogP contribution in [-0.2, 0) is 19.5 Å². The first kappa shape index (κ1) is 22.5. The SMILES string of the molecule is C=C(N=C(N=C(N)OC)OC)C(=O)c1cccc(Br)c1NS(=O)(=O)C(F)F. The summed E-state index contributed by atoms with van der Waals surface area (Å²) in [5, 5.41) is 0. The summed E-state index contributed by atoms with van der Waals surface area (Å²) >= 11 is 3.00. The van der Waals surface area contributed by atoms with Crippen LogP contribution in [0.4, 0.5) is 14.5 Å². The number of anilines is 1. The van der Waals surface area contributed by atoms with Gasteiger partial charge < -0.3 is 15.2 Å². The van der Waals surface area contributed by atoms with Crippen LogP contribution in [0.1, 0.15) is 10.4 Å². The molecule has 1 aromatic carbocycles. The Kier molecular flexibility index (Phi) is 7.84. The highest BCUT2D eigenvalue weighted by atomic mass is 79.9. The lowest BCUT2D eigenvalue weighted by Gasteiger charge is -2.13. The highest BCUT2D eigenvalue weighted by molar-refractivity contribution is 9.10. The standard InChI is InChI=1S/C14H15BrF2N4O5S/c1-7(19-14(26-3)20-13(18)25-2)11(22)8-5-4-6-9(15)10(8)21-27(23,24)12(16)17/h4-6,12,21H,1H2,2-3H3,(H2,18,19,20). The molecule has 1 aromatic rings. The minimum absolute atomic E-state index is 0.0583. The van der Waals surface area contributed by atoms with Gasteiger partial charge in [0.05, 0.1) is 19.9 Å². The summed E-state index contributed by atoms with van der Waals surface area (Å²) in [6, 6.07) is 3.29. The van der Waals surface area contributed by atoms with Crippen LogP contribution in [0.3, 0.4) is 0 Å². The number of halogens is 3. The zero-order chi connectivity index (χ0) is 20.8. The second-order valence-electron chi connectivity index (χ2n) is 4.60. The third-order valence-electron chi connectivity index (χ3n) is 2.83. The monoisotopic (exact) mass is 468 g/mol. The minimum Gasteiger partial charge on any atom is -0.468 e. The number of ketones is 1. The van der Waals surface area contributed by atoms with Crippen LogP contribution in [0.15, 0.2) is 44.9 Å². The van der Waals surface area contributed by atoms with Gasteiger partial charge in [0.1, 0.15) is 5.70 Å². The quantitative estimate of drug-likeness (QED) is 0.284. The lowest BCUT2D eigenvalue weighted by Crippen LogP contribution is -2.22. The molecule has 0 fully saturated rings. The van der Waals surface area contributed by atoms with Crippen molar-refractivity contribution in [3.8, 4) is 0 Å². The van der Waals surface area contributed by atoms with Gasteiger partial charge in [-0.1, -0.05) is 12.6 Å². The Morgan fingerprint density at radius 2 is 1.93 bits per heavy atom. The average Bonchev–Trinajstić information content (AvgIpc) is 2.61. The topological polar surface area (TPSA) is 132 Å². The van der Waals surface area contributed by atoms with Crippen molar-refractivity contribution in [2.24, 2.45) is 15.7 Å². The highest BCUT2D eigenvalue weighted by Crippen LogP contribution is 2.30. The summed E-state index contributed by atoms with van der Waals surface area (Å²) in [5.41, 5.74) is 4.26. The molecule has 0 unspecified atom stereocenters. The van der Waals surface area contributed by atoms with Crippen molar-refractivity contribution in [2.75, 3.05) is 18.9 Å². The van der Waals surface area contributed by atoms with Crippen molar-refractivity contribution in [3.05, 3.63) is 40.5 Å². The molecule has 1 rings (SSSR count). The number of nitrogens with zero attached hydrogens (tertiary/aromatic N) is 2. The van der Waals surface area contributed by atoms with Crippen LogP contribution in [-0.4, -0.2) is 46.2 Å². The number of alkyl halides is 2. The largest absolute Gasteiger partial charge is 0.468 e. The van der Waals surface area contributed by atoms with Gasteiger partial charge in [0.25, 0.3) is 16.0 Å². The number of hydrogen-bond acceptors (Lipinski definition) is 6. The molecule has 0 aliphatic rings. The van der Waals surface area contributed by atoms with E-state index in [0.29, 0.717) is 0 Å². The predicted molar refractivity (Wildman–Crippen MR) is 99.2 cm³/mol. The lowest BCUT2D eigenvalue weighted by molar-refractivity contribution is 0.103. The third-order valence-corrected chi connectivity index (χ3v) is 4.45. The Labute approximate surface area is 162 Å². The van der Waals surface area contributed by atoms with Crippen LogP contribution in [0, 0.1) is 0 Å². The van der Waals surface area contributed by atoms with Crippen molar-refractivity contribution >= 4 is 49.5 Å². The van der Waals surface area contributed by atoms with E-state index in [2.05, 4.69) is 37.2 Å². The maximum Gasteiger partial charge on any atom is 0.355 e. The highest BCUT2D eigenvalue weighted by Gasteiger charge is 2.27. The van der Waals surface area contributed by atoms with Crippen molar-refractivity contribution in [2.45, 2.75) is 5.76 Å². The fraction of sp³-hybridized carbons (Fsp3) is 0.214. The molecular formula is C14H15BrF2N4O5S. The number of carbonyl (C=O) groups excluding carboxylic acids is 1. The first-order valence-corrected chi connectivity index (χ1v) is 9.20. The van der Waals surface area contributed by atoms with E-state index in [4.69, 9.17) is 10.5 Å². The van der Waals surface area contributed by atoms with Gasteiger partial charge in [0.2, 0.25) is 5.78 Å². The number of nitrogens with one attached hydrogen (secondary N) is 1. The molecule has 9 nitrogen and oxygen atoms in total. The molecule has 0 atom stereocenters. The van der Waals surface area contributed by atoms with E-state index in [9.17, 15) is 22.0 Å². The van der Waals surface area contributed by atoms with Gasteiger partial charge in [-0.15, -0.1) is 4.99 Å². The van der Waals surface area contributed by atoms with Gasteiger partial charge in [0, 0.05) is 10.0 Å². The number of sulfonamides is 1. The number of rotatable bonds is 6. The first-order valence-electron chi connectivity index (χ1n) is 6.86. The molecule has 0 bridgehead atoms. The van der Waals surface area contributed by atoms with E-state index in [1.165, 1.54) is 32.4 Å². The van der Waals surface area contributed by atoms with Gasteiger partial charge in [-0.25, -0.2) is 8.42 Å². The van der Waals surface area contributed by atoms with Crippen molar-refractivity contribution < 1.29 is 31.5 Å². The van der Waals surface area contributed by atoms with E-state index >= 15 is 0 Å². The maximum atomic E-state index is 12.6. The second kappa shape index (κ2) is 9.41. The number of para-hydroxylation sites is 1. The van der Waals surface area contributed by atoms with E-state index in [-0.39, 0.29) is 22.1 Å². The van der Waals surface area contributed by atoms with Crippen molar-refractivity contribution in [3.63, 3.8) is 0 Å². The molecule has 27 heavy (non-hydrogen) atoms. The van der Waals surface area contributed by atoms with Crippen LogP contribution in [0.25, 0.3) is 0 Å². The van der Waals surface area contributed by atoms with Gasteiger partial charge in [-0.05, 0) is 28.1 Å². The number of benzene rings is 1. The Balaban J connectivity index is 3.32. The van der Waals surface area contributed by atoms with Gasteiger partial charge in [-0.2, -0.15) is 13.8 Å². The zero-order valence-corrected chi connectivity index (χ0v) is 16.5. The van der Waals surface area contributed by atoms with Gasteiger partial charge in [-0.3, -0.25) is 9.52 Å².